The molecule has 1 aromatic heterocycles. The molecule has 1 N–H and O–H groups in total. The normalized spacial score (nSPS) is 23.3. The van der Waals surface area contributed by atoms with Gasteiger partial charge in [0.2, 0.25) is 0 Å². The van der Waals surface area contributed by atoms with Crippen molar-refractivity contribution in [3.05, 3.63) is 35.8 Å². The lowest BCUT2D eigenvalue weighted by atomic mass is 9.59. The fourth-order valence-electron chi connectivity index (χ4n) is 4.50. The van der Waals surface area contributed by atoms with Crippen molar-refractivity contribution in [1.82, 2.24) is 0 Å². The van der Waals surface area contributed by atoms with Gasteiger partial charge in [-0.3, -0.25) is 0 Å². The van der Waals surface area contributed by atoms with Gasteiger partial charge < -0.3 is 9.52 Å². The van der Waals surface area contributed by atoms with Crippen molar-refractivity contribution in [2.24, 2.45) is 10.8 Å². The quantitative estimate of drug-likeness (QED) is 0.802. The lowest BCUT2D eigenvalue weighted by Gasteiger charge is -2.48. The summed E-state index contributed by atoms with van der Waals surface area (Å²) in [6, 6.07) is 6.65. The van der Waals surface area contributed by atoms with Gasteiger partial charge in [0.25, 0.3) is 0 Å². The summed E-state index contributed by atoms with van der Waals surface area (Å²) < 4.78 is 19.5. The van der Waals surface area contributed by atoms with Gasteiger partial charge >= 0.3 is 0 Å². The number of rotatable bonds is 1. The number of benzene rings is 1. The van der Waals surface area contributed by atoms with Crippen LogP contribution in [-0.2, 0) is 5.60 Å². The molecule has 0 unspecified atom stereocenters. The predicted molar refractivity (Wildman–Crippen MR) is 81.5 cm³/mol. The number of hydrogen-bond donors (Lipinski definition) is 1. The van der Waals surface area contributed by atoms with Crippen molar-refractivity contribution in [2.75, 3.05) is 0 Å². The zero-order chi connectivity index (χ0) is 15.5. The highest BCUT2D eigenvalue weighted by Gasteiger charge is 2.49. The Morgan fingerprint density at radius 1 is 1.05 bits per heavy atom. The van der Waals surface area contributed by atoms with Gasteiger partial charge in [0.15, 0.2) is 11.4 Å². The van der Waals surface area contributed by atoms with Crippen LogP contribution >= 0.6 is 0 Å². The van der Waals surface area contributed by atoms with Crippen molar-refractivity contribution < 1.29 is 13.9 Å². The maximum Gasteiger partial charge on any atom is 0.170 e. The third-order valence-electron chi connectivity index (χ3n) is 4.45. The molecule has 0 saturated heterocycles. The largest absolute Gasteiger partial charge is 0.455 e. The summed E-state index contributed by atoms with van der Waals surface area (Å²) >= 11 is 0. The van der Waals surface area contributed by atoms with Crippen molar-refractivity contribution in [2.45, 2.75) is 52.6 Å². The Hall–Kier alpha value is -1.35. The van der Waals surface area contributed by atoms with E-state index in [4.69, 9.17) is 4.42 Å². The Balaban J connectivity index is 2.09. The second kappa shape index (κ2) is 4.33. The number of hydrogen-bond acceptors (Lipinski definition) is 2. The van der Waals surface area contributed by atoms with Crippen LogP contribution in [0.5, 0.6) is 0 Å². The minimum atomic E-state index is -1.03. The Morgan fingerprint density at radius 2 is 1.67 bits per heavy atom. The summed E-state index contributed by atoms with van der Waals surface area (Å²) in [5.41, 5.74) is -0.749. The molecule has 2 nitrogen and oxygen atoms in total. The van der Waals surface area contributed by atoms with Gasteiger partial charge in [-0.15, -0.1) is 0 Å². The standard InChI is InChI=1S/C18H23FO2/c1-16(2)9-17(3,4)11-18(20,10-16)14-8-12-6-5-7-13(19)15(12)21-14/h5-8,20H,9-11H2,1-4H3. The van der Waals surface area contributed by atoms with Gasteiger partial charge in [0, 0.05) is 5.39 Å². The predicted octanol–water partition coefficient (Wildman–Crippen LogP) is 5.00. The van der Waals surface area contributed by atoms with E-state index in [0.717, 1.165) is 6.42 Å². The van der Waals surface area contributed by atoms with Crippen LogP contribution < -0.4 is 0 Å². The smallest absolute Gasteiger partial charge is 0.170 e. The van der Waals surface area contributed by atoms with Crippen LogP contribution in [0.1, 0.15) is 52.7 Å². The second-order valence-electron chi connectivity index (χ2n) is 8.16. The van der Waals surface area contributed by atoms with Gasteiger partial charge in [-0.25, -0.2) is 4.39 Å². The van der Waals surface area contributed by atoms with Gasteiger partial charge in [-0.05, 0) is 42.2 Å². The summed E-state index contributed by atoms with van der Waals surface area (Å²) in [5.74, 6) is 0.111. The van der Waals surface area contributed by atoms with Gasteiger partial charge in [-0.2, -0.15) is 0 Å². The molecule has 0 radical (unpaired) electrons. The first-order valence-corrected chi connectivity index (χ1v) is 7.51. The summed E-state index contributed by atoms with van der Waals surface area (Å²) in [5, 5.41) is 11.9. The molecule has 1 fully saturated rings. The van der Waals surface area contributed by atoms with Gasteiger partial charge in [0.05, 0.1) is 0 Å². The van der Waals surface area contributed by atoms with E-state index in [9.17, 15) is 9.50 Å². The van der Waals surface area contributed by atoms with E-state index >= 15 is 0 Å². The zero-order valence-electron chi connectivity index (χ0n) is 13.2. The highest BCUT2D eigenvalue weighted by Crippen LogP contribution is 2.54. The summed E-state index contributed by atoms with van der Waals surface area (Å²) in [7, 11) is 0. The van der Waals surface area contributed by atoms with E-state index in [0.29, 0.717) is 24.0 Å². The summed E-state index contributed by atoms with van der Waals surface area (Å²) in [4.78, 5) is 0. The molecule has 1 saturated carbocycles. The van der Waals surface area contributed by atoms with Crippen LogP contribution in [0.3, 0.4) is 0 Å². The molecule has 0 aliphatic heterocycles. The molecule has 1 aliphatic carbocycles. The highest BCUT2D eigenvalue weighted by atomic mass is 19.1. The number of para-hydroxylation sites is 1. The van der Waals surface area contributed by atoms with E-state index in [1.54, 1.807) is 12.1 Å². The van der Waals surface area contributed by atoms with Crippen LogP contribution in [0.25, 0.3) is 11.0 Å². The number of furan rings is 1. The summed E-state index contributed by atoms with van der Waals surface area (Å²) in [6.07, 6.45) is 2.31. The Labute approximate surface area is 125 Å². The van der Waals surface area contributed by atoms with Crippen LogP contribution in [0, 0.1) is 16.6 Å². The molecule has 0 spiro atoms. The highest BCUT2D eigenvalue weighted by molar-refractivity contribution is 5.78. The Kier molecular flexibility index (Phi) is 3.00. The minimum Gasteiger partial charge on any atom is -0.455 e. The summed E-state index contributed by atoms with van der Waals surface area (Å²) in [6.45, 7) is 8.68. The molecule has 21 heavy (non-hydrogen) atoms. The van der Waals surface area contributed by atoms with E-state index in [2.05, 4.69) is 27.7 Å². The first-order valence-electron chi connectivity index (χ1n) is 7.51. The second-order valence-corrected chi connectivity index (χ2v) is 8.16. The zero-order valence-corrected chi connectivity index (χ0v) is 13.2. The fraction of sp³-hybridized carbons (Fsp3) is 0.556. The molecule has 1 heterocycles. The number of aliphatic hydroxyl groups is 1. The van der Waals surface area contributed by atoms with E-state index in [1.807, 2.05) is 6.07 Å². The average molecular weight is 290 g/mol. The molecule has 0 amide bonds. The topological polar surface area (TPSA) is 33.4 Å². The maximum absolute atomic E-state index is 13.8. The van der Waals surface area contributed by atoms with Crippen molar-refractivity contribution in [1.29, 1.82) is 0 Å². The van der Waals surface area contributed by atoms with E-state index < -0.39 is 5.60 Å². The number of halogens is 1. The van der Waals surface area contributed by atoms with Crippen LogP contribution in [0.4, 0.5) is 4.39 Å². The molecule has 3 heteroatoms. The Morgan fingerprint density at radius 3 is 2.24 bits per heavy atom. The molecule has 0 bridgehead atoms. The van der Waals surface area contributed by atoms with Crippen LogP contribution in [-0.4, -0.2) is 5.11 Å². The van der Waals surface area contributed by atoms with Crippen molar-refractivity contribution in [3.63, 3.8) is 0 Å². The molecule has 1 aromatic carbocycles. The van der Waals surface area contributed by atoms with Crippen LogP contribution in [0.15, 0.2) is 28.7 Å². The molecule has 114 valence electrons. The average Bonchev–Trinajstić information content (AvgIpc) is 2.69. The Bertz CT molecular complexity index is 666. The third kappa shape index (κ3) is 2.59. The monoisotopic (exact) mass is 290 g/mol. The van der Waals surface area contributed by atoms with E-state index in [1.165, 1.54) is 6.07 Å². The van der Waals surface area contributed by atoms with Gasteiger partial charge in [0.1, 0.15) is 11.4 Å². The van der Waals surface area contributed by atoms with Gasteiger partial charge in [-0.1, -0.05) is 39.8 Å². The molecular formula is C18H23FO2. The lowest BCUT2D eigenvalue weighted by Crippen LogP contribution is -2.43. The maximum atomic E-state index is 13.8. The molecule has 0 atom stereocenters. The van der Waals surface area contributed by atoms with E-state index in [-0.39, 0.29) is 22.2 Å². The van der Waals surface area contributed by atoms with Crippen LogP contribution in [0.2, 0.25) is 0 Å². The first-order chi connectivity index (χ1) is 9.60. The van der Waals surface area contributed by atoms with Crippen molar-refractivity contribution in [3.8, 4) is 0 Å². The molecule has 3 rings (SSSR count). The SMILES string of the molecule is CC1(C)CC(C)(C)CC(O)(c2cc3cccc(F)c3o2)C1. The fourth-order valence-corrected chi connectivity index (χ4v) is 4.50. The third-order valence-corrected chi connectivity index (χ3v) is 4.45. The molecular weight excluding hydrogens is 267 g/mol. The molecule has 1 aliphatic rings. The molecule has 2 aromatic rings. The minimum absolute atomic E-state index is 0.0218. The lowest BCUT2D eigenvalue weighted by molar-refractivity contribution is -0.103. The van der Waals surface area contributed by atoms with Crippen molar-refractivity contribution >= 4 is 11.0 Å². The first kappa shape index (κ1) is 14.6. The number of fused-ring (bicyclic) bond motifs is 1.